The third kappa shape index (κ3) is 3.44. The van der Waals surface area contributed by atoms with Crippen LogP contribution in [-0.4, -0.2) is 26.5 Å². The van der Waals surface area contributed by atoms with Crippen LogP contribution in [-0.2, 0) is 0 Å². The molecule has 0 fully saturated rings. The molecule has 11 heteroatoms. The lowest BCUT2D eigenvalue weighted by Gasteiger charge is -2.15. The van der Waals surface area contributed by atoms with Gasteiger partial charge in [-0.25, -0.2) is 4.39 Å². The van der Waals surface area contributed by atoms with Crippen LogP contribution in [0.5, 0.6) is 5.75 Å². The molecule has 0 atom stereocenters. The minimum Gasteiger partial charge on any atom is -0.403 e. The first-order valence-corrected chi connectivity index (χ1v) is 10.6. The van der Waals surface area contributed by atoms with E-state index in [1.165, 1.54) is 30.6 Å². The lowest BCUT2D eigenvalue weighted by atomic mass is 9.94. The molecule has 4 heterocycles. The van der Waals surface area contributed by atoms with Gasteiger partial charge in [-0.05, 0) is 24.3 Å². The number of aromatic nitrogens is 5. The Morgan fingerprint density at radius 3 is 2.53 bits per heavy atom. The van der Waals surface area contributed by atoms with E-state index in [-0.39, 0.29) is 38.6 Å². The maximum absolute atomic E-state index is 14.5. The molecule has 6 rings (SSSR count). The molecule has 0 spiro atoms. The quantitative estimate of drug-likeness (QED) is 0.208. The molecule has 7 nitrogen and oxygen atoms in total. The molecule has 6 aromatic rings. The normalized spacial score (nSPS) is 12.0. The topological polar surface area (TPSA) is 87.5 Å². The van der Waals surface area contributed by atoms with Gasteiger partial charge in [-0.3, -0.25) is 14.9 Å². The van der Waals surface area contributed by atoms with E-state index in [9.17, 15) is 22.4 Å². The van der Waals surface area contributed by atoms with E-state index in [0.717, 1.165) is 0 Å². The Bertz CT molecular complexity index is 1850. The van der Waals surface area contributed by atoms with E-state index in [1.54, 1.807) is 47.3 Å². The maximum Gasteiger partial charge on any atom is 0.573 e. The Morgan fingerprint density at radius 1 is 0.944 bits per heavy atom. The zero-order valence-electron chi connectivity index (χ0n) is 18.1. The summed E-state index contributed by atoms with van der Waals surface area (Å²) in [5, 5.41) is 7.37. The van der Waals surface area contributed by atoms with E-state index in [4.69, 9.17) is 0 Å². The van der Waals surface area contributed by atoms with Gasteiger partial charge in [0, 0.05) is 40.1 Å². The van der Waals surface area contributed by atoms with Crippen LogP contribution in [0.25, 0.3) is 49.5 Å². The van der Waals surface area contributed by atoms with Crippen LogP contribution in [0, 0.1) is 5.82 Å². The van der Waals surface area contributed by atoms with Crippen molar-refractivity contribution in [3.63, 3.8) is 0 Å². The second kappa shape index (κ2) is 7.87. The van der Waals surface area contributed by atoms with Crippen molar-refractivity contribution in [2.24, 2.45) is 0 Å². The van der Waals surface area contributed by atoms with Gasteiger partial charge in [0.2, 0.25) is 0 Å². The fraction of sp³-hybridized carbons (Fsp3) is 0.0400. The summed E-state index contributed by atoms with van der Waals surface area (Å²) in [6.45, 7) is 0. The number of nitrogens with one attached hydrogen (secondary N) is 2. The van der Waals surface area contributed by atoms with Gasteiger partial charge in [-0.2, -0.15) is 9.67 Å². The van der Waals surface area contributed by atoms with Crippen molar-refractivity contribution in [3.05, 3.63) is 89.5 Å². The first-order chi connectivity index (χ1) is 17.3. The molecule has 2 aromatic carbocycles. The highest BCUT2D eigenvalue weighted by atomic mass is 19.4. The summed E-state index contributed by atoms with van der Waals surface area (Å²) in [4.78, 5) is 20.4. The number of nitrogens with zero attached hydrogens (tertiary/aromatic N) is 3. The largest absolute Gasteiger partial charge is 0.573 e. The fourth-order valence-electron chi connectivity index (χ4n) is 4.46. The number of hydrogen-bond donors (Lipinski definition) is 2. The van der Waals surface area contributed by atoms with Gasteiger partial charge in [0.1, 0.15) is 16.9 Å². The lowest BCUT2D eigenvalue weighted by molar-refractivity contribution is -0.596. The highest BCUT2D eigenvalue weighted by Crippen LogP contribution is 2.41. The molecule has 0 amide bonds. The Kier molecular flexibility index (Phi) is 4.75. The van der Waals surface area contributed by atoms with Crippen molar-refractivity contribution in [1.82, 2.24) is 20.2 Å². The number of pyridine rings is 3. The molecule has 0 aliphatic rings. The predicted molar refractivity (Wildman–Crippen MR) is 123 cm³/mol. The molecule has 0 radical (unpaired) electrons. The molecular formula is C25H14F4N5O2+. The number of aromatic amines is 2. The van der Waals surface area contributed by atoms with Crippen LogP contribution in [0.3, 0.4) is 0 Å². The average Bonchev–Trinajstić information content (AvgIpc) is 3.35. The first-order valence-electron chi connectivity index (χ1n) is 10.6. The van der Waals surface area contributed by atoms with Gasteiger partial charge < -0.3 is 9.72 Å². The molecule has 4 aromatic heterocycles. The predicted octanol–water partition coefficient (Wildman–Crippen LogP) is 4.93. The molecule has 0 bridgehead atoms. The highest BCUT2D eigenvalue weighted by Gasteiger charge is 2.33. The smallest absolute Gasteiger partial charge is 0.403 e. The van der Waals surface area contributed by atoms with Crippen molar-refractivity contribution < 1.29 is 26.9 Å². The molecule has 36 heavy (non-hydrogen) atoms. The van der Waals surface area contributed by atoms with Crippen LogP contribution in [0.15, 0.2) is 78.1 Å². The molecule has 0 aliphatic carbocycles. The van der Waals surface area contributed by atoms with Crippen molar-refractivity contribution in [1.29, 1.82) is 0 Å². The van der Waals surface area contributed by atoms with Gasteiger partial charge in [0.05, 0.1) is 17.3 Å². The monoisotopic (exact) mass is 492 g/mol. The molecular weight excluding hydrogens is 478 g/mol. The van der Waals surface area contributed by atoms with Crippen LogP contribution >= 0.6 is 0 Å². The van der Waals surface area contributed by atoms with E-state index in [2.05, 4.69) is 24.9 Å². The van der Waals surface area contributed by atoms with E-state index in [1.807, 2.05) is 0 Å². The van der Waals surface area contributed by atoms with Gasteiger partial charge in [-0.15, -0.1) is 13.2 Å². The van der Waals surface area contributed by atoms with Crippen LogP contribution in [0.1, 0.15) is 0 Å². The minimum atomic E-state index is -4.98. The van der Waals surface area contributed by atoms with Gasteiger partial charge in [0.15, 0.2) is 18.1 Å². The highest BCUT2D eigenvalue weighted by molar-refractivity contribution is 6.14. The van der Waals surface area contributed by atoms with Crippen molar-refractivity contribution >= 4 is 32.7 Å². The second-order valence-corrected chi connectivity index (χ2v) is 7.96. The fourth-order valence-corrected chi connectivity index (χ4v) is 4.46. The lowest BCUT2D eigenvalue weighted by Crippen LogP contribution is -2.37. The van der Waals surface area contributed by atoms with Crippen LogP contribution in [0.2, 0.25) is 0 Å². The first kappa shape index (κ1) is 21.7. The molecule has 178 valence electrons. The summed E-state index contributed by atoms with van der Waals surface area (Å²) in [7, 11) is 0. The molecule has 2 N–H and O–H groups in total. The Labute approximate surface area is 198 Å². The zero-order chi connectivity index (χ0) is 25.0. The van der Waals surface area contributed by atoms with Crippen molar-refractivity contribution in [3.8, 4) is 22.6 Å². The third-order valence-corrected chi connectivity index (χ3v) is 5.85. The van der Waals surface area contributed by atoms with E-state index >= 15 is 0 Å². The summed E-state index contributed by atoms with van der Waals surface area (Å²) in [6, 6.07) is 12.1. The number of alkyl halides is 3. The number of fused-ring (bicyclic) bond motifs is 4. The summed E-state index contributed by atoms with van der Waals surface area (Å²) >= 11 is 0. The van der Waals surface area contributed by atoms with Crippen LogP contribution < -0.4 is 14.9 Å². The number of halogens is 4. The second-order valence-electron chi connectivity index (χ2n) is 7.96. The van der Waals surface area contributed by atoms with E-state index < -0.39 is 23.5 Å². The average molecular weight is 492 g/mol. The van der Waals surface area contributed by atoms with Gasteiger partial charge in [-0.1, -0.05) is 12.1 Å². The Hall–Kier alpha value is -4.80. The number of ether oxygens (including phenoxy) is 1. The summed E-state index contributed by atoms with van der Waals surface area (Å²) < 4.78 is 60.4. The summed E-state index contributed by atoms with van der Waals surface area (Å²) in [5.74, 6) is -1.10. The third-order valence-electron chi connectivity index (χ3n) is 5.85. The van der Waals surface area contributed by atoms with Crippen LogP contribution in [0.4, 0.5) is 17.6 Å². The molecule has 0 saturated carbocycles. The Morgan fingerprint density at radius 2 is 1.75 bits per heavy atom. The number of hydrogen-bond acceptors (Lipinski definition) is 4. The van der Waals surface area contributed by atoms with Gasteiger partial charge >= 0.3 is 11.9 Å². The Balaban J connectivity index is 1.85. The molecule has 0 aliphatic heterocycles. The number of rotatable bonds is 3. The van der Waals surface area contributed by atoms with Crippen molar-refractivity contribution in [2.45, 2.75) is 6.36 Å². The maximum atomic E-state index is 14.5. The number of H-pyrrole nitrogens is 2. The molecule has 0 saturated heterocycles. The number of benzene rings is 2. The zero-order valence-corrected chi connectivity index (χ0v) is 18.1. The summed E-state index contributed by atoms with van der Waals surface area (Å²) in [6.07, 6.45) is 1.01. The SMILES string of the molecule is O=c1[nH]c2c(cc(OC(F)(F)F)c3ncccc32)c(-c2ccc(F)c3[nH]ncc23)c1-[n+]1ccccc1. The van der Waals surface area contributed by atoms with Crippen molar-refractivity contribution in [2.75, 3.05) is 0 Å². The van der Waals surface area contributed by atoms with E-state index in [0.29, 0.717) is 10.9 Å². The molecule has 0 unspecified atom stereocenters. The summed E-state index contributed by atoms with van der Waals surface area (Å²) in [5.41, 5.74) is 0.560. The van der Waals surface area contributed by atoms with Gasteiger partial charge in [0.25, 0.3) is 5.69 Å². The minimum absolute atomic E-state index is 0.0726. The standard InChI is InChI=1S/C25H13F4N5O2/c26-17-7-6-13(16-12-31-33-21(16)17)19-15-11-18(36-25(27,28)29)22-14(5-4-8-30-22)20(15)32-24(35)23(19)34-9-2-1-3-10-34/h1-12H,(H-,30,31,32,33,35)/p+1.